The highest BCUT2D eigenvalue weighted by atomic mass is 79.9. The van der Waals surface area contributed by atoms with Crippen LogP contribution in [-0.4, -0.2) is 10.9 Å². The molecule has 3 aromatic rings. The summed E-state index contributed by atoms with van der Waals surface area (Å²) in [6.07, 6.45) is 1.13. The molecule has 2 aromatic carbocycles. The van der Waals surface area contributed by atoms with Crippen LogP contribution in [0.15, 0.2) is 58.4 Å². The molecule has 1 amide bonds. The number of anilines is 1. The van der Waals surface area contributed by atoms with E-state index in [-0.39, 0.29) is 5.91 Å². The molecule has 1 unspecified atom stereocenters. The molecule has 1 atom stereocenters. The largest absolute Gasteiger partial charge is 0.298 e. The highest BCUT2D eigenvalue weighted by molar-refractivity contribution is 9.10. The molecule has 0 saturated heterocycles. The second kappa shape index (κ2) is 7.93. The summed E-state index contributed by atoms with van der Waals surface area (Å²) < 4.78 is 0.946. The summed E-state index contributed by atoms with van der Waals surface area (Å²) in [6, 6.07) is 15.8. The number of hydrogen-bond donors (Lipinski definition) is 1. The van der Waals surface area contributed by atoms with Crippen molar-refractivity contribution >= 4 is 38.3 Å². The van der Waals surface area contributed by atoms with Crippen LogP contribution < -0.4 is 5.32 Å². The highest BCUT2D eigenvalue weighted by Crippen LogP contribution is 2.27. The van der Waals surface area contributed by atoms with Crippen molar-refractivity contribution < 1.29 is 4.79 Å². The molecule has 3 rings (SSSR count). The normalized spacial score (nSPS) is 12.0. The first-order chi connectivity index (χ1) is 12.1. The van der Waals surface area contributed by atoms with E-state index in [1.807, 2.05) is 17.5 Å². The van der Waals surface area contributed by atoms with Crippen LogP contribution in [0.5, 0.6) is 0 Å². The number of carbonyl (C=O) groups excluding carboxylic acids is 1. The Morgan fingerprint density at radius 2 is 1.84 bits per heavy atom. The van der Waals surface area contributed by atoms with Crippen molar-refractivity contribution in [1.29, 1.82) is 0 Å². The maximum Gasteiger partial charge on any atom is 0.257 e. The summed E-state index contributed by atoms with van der Waals surface area (Å²) in [7, 11) is 0. The third-order valence-electron chi connectivity index (χ3n) is 4.22. The molecular formula is C20H19BrN2OS. The van der Waals surface area contributed by atoms with Gasteiger partial charge in [0.25, 0.3) is 5.91 Å². The van der Waals surface area contributed by atoms with Crippen LogP contribution >= 0.6 is 27.3 Å². The molecule has 25 heavy (non-hydrogen) atoms. The van der Waals surface area contributed by atoms with Gasteiger partial charge < -0.3 is 0 Å². The van der Waals surface area contributed by atoms with Gasteiger partial charge in [-0.15, -0.1) is 11.3 Å². The number of amides is 1. The van der Waals surface area contributed by atoms with Gasteiger partial charge in [0.05, 0.1) is 5.69 Å². The summed E-state index contributed by atoms with van der Waals surface area (Å²) in [6.45, 7) is 4.42. The molecule has 0 saturated carbocycles. The van der Waals surface area contributed by atoms with E-state index in [1.165, 1.54) is 16.9 Å². The first-order valence-corrected chi connectivity index (χ1v) is 9.87. The van der Waals surface area contributed by atoms with Gasteiger partial charge in [-0.25, -0.2) is 4.98 Å². The lowest BCUT2D eigenvalue weighted by Crippen LogP contribution is -2.11. The Hall–Kier alpha value is -1.98. The van der Waals surface area contributed by atoms with Crippen LogP contribution in [0.4, 0.5) is 5.13 Å². The Bertz CT molecular complexity index is 856. The number of aromatic nitrogens is 1. The number of carbonyl (C=O) groups is 1. The van der Waals surface area contributed by atoms with Gasteiger partial charge in [0.1, 0.15) is 0 Å². The highest BCUT2D eigenvalue weighted by Gasteiger charge is 2.10. The van der Waals surface area contributed by atoms with Crippen LogP contribution in [0.1, 0.15) is 42.1 Å². The summed E-state index contributed by atoms with van der Waals surface area (Å²) >= 11 is 4.80. The quantitative estimate of drug-likeness (QED) is 0.529. The molecule has 0 aliphatic carbocycles. The molecule has 1 heterocycles. The third kappa shape index (κ3) is 4.35. The van der Waals surface area contributed by atoms with Gasteiger partial charge in [0.2, 0.25) is 0 Å². The molecule has 0 bridgehead atoms. The minimum absolute atomic E-state index is 0.152. The second-order valence-electron chi connectivity index (χ2n) is 5.93. The molecule has 3 nitrogen and oxygen atoms in total. The van der Waals surface area contributed by atoms with Crippen molar-refractivity contribution in [1.82, 2.24) is 4.98 Å². The topological polar surface area (TPSA) is 42.0 Å². The summed E-state index contributed by atoms with van der Waals surface area (Å²) in [4.78, 5) is 16.8. The van der Waals surface area contributed by atoms with Crippen molar-refractivity contribution in [2.75, 3.05) is 5.32 Å². The minimum atomic E-state index is -0.152. The lowest BCUT2D eigenvalue weighted by atomic mass is 9.97. The zero-order chi connectivity index (χ0) is 17.8. The van der Waals surface area contributed by atoms with E-state index in [0.29, 0.717) is 16.6 Å². The molecule has 5 heteroatoms. The predicted octanol–water partition coefficient (Wildman–Crippen LogP) is 6.34. The smallest absolute Gasteiger partial charge is 0.257 e. The van der Waals surface area contributed by atoms with Crippen molar-refractivity contribution in [3.8, 4) is 11.3 Å². The number of thiazole rings is 1. The first-order valence-electron chi connectivity index (χ1n) is 8.19. The number of halogens is 1. The van der Waals surface area contributed by atoms with Crippen LogP contribution in [-0.2, 0) is 0 Å². The zero-order valence-electron chi connectivity index (χ0n) is 14.1. The number of nitrogens with one attached hydrogen (secondary N) is 1. The molecular weight excluding hydrogens is 396 g/mol. The zero-order valence-corrected chi connectivity index (χ0v) is 16.5. The van der Waals surface area contributed by atoms with E-state index in [4.69, 9.17) is 0 Å². The van der Waals surface area contributed by atoms with E-state index in [0.717, 1.165) is 22.2 Å². The average Bonchev–Trinajstić information content (AvgIpc) is 3.10. The molecule has 0 aliphatic heterocycles. The molecule has 0 spiro atoms. The van der Waals surface area contributed by atoms with E-state index < -0.39 is 0 Å². The Morgan fingerprint density at radius 1 is 1.16 bits per heavy atom. The van der Waals surface area contributed by atoms with Crippen LogP contribution in [0.3, 0.4) is 0 Å². The minimum Gasteiger partial charge on any atom is -0.298 e. The van der Waals surface area contributed by atoms with E-state index in [9.17, 15) is 4.79 Å². The van der Waals surface area contributed by atoms with Gasteiger partial charge in [-0.05, 0) is 42.2 Å². The van der Waals surface area contributed by atoms with E-state index in [1.54, 1.807) is 12.1 Å². The molecule has 0 fully saturated rings. The second-order valence-corrected chi connectivity index (χ2v) is 7.70. The maximum atomic E-state index is 12.3. The summed E-state index contributed by atoms with van der Waals surface area (Å²) in [5.74, 6) is 0.408. The number of nitrogens with zero attached hydrogens (tertiary/aromatic N) is 1. The molecule has 128 valence electrons. The van der Waals surface area contributed by atoms with Gasteiger partial charge >= 0.3 is 0 Å². The van der Waals surface area contributed by atoms with Gasteiger partial charge in [-0.2, -0.15) is 0 Å². The molecule has 0 aliphatic rings. The van der Waals surface area contributed by atoms with E-state index >= 15 is 0 Å². The lowest BCUT2D eigenvalue weighted by molar-refractivity contribution is 0.102. The van der Waals surface area contributed by atoms with Crippen LogP contribution in [0, 0.1) is 0 Å². The Kier molecular flexibility index (Phi) is 5.66. The van der Waals surface area contributed by atoms with Crippen molar-refractivity contribution in [3.05, 3.63) is 69.5 Å². The van der Waals surface area contributed by atoms with Crippen molar-refractivity contribution in [2.45, 2.75) is 26.2 Å². The predicted molar refractivity (Wildman–Crippen MR) is 108 cm³/mol. The lowest BCUT2D eigenvalue weighted by Gasteiger charge is -2.08. The number of benzene rings is 2. The Morgan fingerprint density at radius 3 is 2.48 bits per heavy atom. The molecule has 1 N–H and O–H groups in total. The first kappa shape index (κ1) is 17.8. The van der Waals surface area contributed by atoms with Gasteiger partial charge in [-0.1, -0.05) is 54.0 Å². The molecule has 0 radical (unpaired) electrons. The van der Waals surface area contributed by atoms with Gasteiger partial charge in [0.15, 0.2) is 5.13 Å². The standard InChI is InChI=1S/C20H19BrN2OS/c1-3-13(2)14-4-6-15(7-5-14)18-12-25-20(22-18)23-19(24)16-8-10-17(21)11-9-16/h4-13H,3H2,1-2H3,(H,22,23,24). The number of rotatable bonds is 5. The monoisotopic (exact) mass is 414 g/mol. The van der Waals surface area contributed by atoms with Crippen molar-refractivity contribution in [2.24, 2.45) is 0 Å². The number of hydrogen-bond acceptors (Lipinski definition) is 3. The van der Waals surface area contributed by atoms with Gasteiger partial charge in [-0.3, -0.25) is 10.1 Å². The van der Waals surface area contributed by atoms with E-state index in [2.05, 4.69) is 64.3 Å². The fraction of sp³-hybridized carbons (Fsp3) is 0.200. The van der Waals surface area contributed by atoms with Gasteiger partial charge in [0, 0.05) is 21.0 Å². The fourth-order valence-corrected chi connectivity index (χ4v) is 3.43. The summed E-state index contributed by atoms with van der Waals surface area (Å²) in [5, 5.41) is 5.43. The average molecular weight is 415 g/mol. The SMILES string of the molecule is CCC(C)c1ccc(-c2csc(NC(=O)c3ccc(Br)cc3)n2)cc1. The molecule has 1 aromatic heterocycles. The van der Waals surface area contributed by atoms with Crippen LogP contribution in [0.25, 0.3) is 11.3 Å². The summed E-state index contributed by atoms with van der Waals surface area (Å²) in [5.41, 5.74) is 3.89. The third-order valence-corrected chi connectivity index (χ3v) is 5.51. The Balaban J connectivity index is 1.71. The maximum absolute atomic E-state index is 12.3. The van der Waals surface area contributed by atoms with Crippen molar-refractivity contribution in [3.63, 3.8) is 0 Å². The Labute approximate surface area is 160 Å². The fourth-order valence-electron chi connectivity index (χ4n) is 2.45. The van der Waals surface area contributed by atoms with Crippen LogP contribution in [0.2, 0.25) is 0 Å².